The molecule has 1 amide bonds. The van der Waals surface area contributed by atoms with Crippen molar-refractivity contribution in [3.8, 4) is 0 Å². The Kier molecular flexibility index (Phi) is 7.15. The van der Waals surface area contributed by atoms with Crippen molar-refractivity contribution in [3.05, 3.63) is 0 Å². The highest BCUT2D eigenvalue weighted by atomic mass is 32.2. The van der Waals surface area contributed by atoms with Gasteiger partial charge in [0.05, 0.1) is 11.2 Å². The fraction of sp³-hybridized carbons (Fsp3) is 0.833. The van der Waals surface area contributed by atoms with Crippen LogP contribution in [-0.2, 0) is 19.6 Å². The maximum Gasteiger partial charge on any atom is 0.310 e. The van der Waals surface area contributed by atoms with Gasteiger partial charge in [-0.15, -0.1) is 0 Å². The van der Waals surface area contributed by atoms with E-state index in [1.807, 2.05) is 0 Å². The minimum Gasteiger partial charge on any atom is -0.481 e. The molecule has 20 heavy (non-hydrogen) atoms. The van der Waals surface area contributed by atoms with Crippen molar-refractivity contribution in [1.29, 1.82) is 0 Å². The number of carboxylic acids is 1. The number of nitrogens with zero attached hydrogens (tertiary/aromatic N) is 1. The summed E-state index contributed by atoms with van der Waals surface area (Å²) in [6.45, 7) is 3.42. The molecule has 0 aromatic rings. The molecule has 0 aliphatic rings. The molecule has 0 unspecified atom stereocenters. The molecule has 0 aromatic carbocycles. The van der Waals surface area contributed by atoms with E-state index in [1.54, 1.807) is 13.8 Å². The number of carboxylic acid groups (broad SMARTS) is 1. The Morgan fingerprint density at radius 2 is 1.70 bits per heavy atom. The molecule has 0 fully saturated rings. The van der Waals surface area contributed by atoms with Crippen LogP contribution in [0.5, 0.6) is 0 Å². The molecule has 0 spiro atoms. The van der Waals surface area contributed by atoms with Gasteiger partial charge < -0.3 is 10.4 Å². The summed E-state index contributed by atoms with van der Waals surface area (Å²) in [4.78, 5) is 23.0. The van der Waals surface area contributed by atoms with Crippen LogP contribution in [0, 0.1) is 5.41 Å². The monoisotopic (exact) mass is 308 g/mol. The number of nitrogens with one attached hydrogen (secondary N) is 1. The lowest BCUT2D eigenvalue weighted by Crippen LogP contribution is -2.39. The normalized spacial score (nSPS) is 12.4. The predicted octanol–water partition coefficient (Wildman–Crippen LogP) is 0.275. The molecule has 2 N–H and O–H groups in total. The molecule has 0 saturated heterocycles. The summed E-state index contributed by atoms with van der Waals surface area (Å²) < 4.78 is 24.1. The number of carbonyl (C=O) groups is 2. The molecule has 0 bridgehead atoms. The Bertz CT molecular complexity index is 441. The highest BCUT2D eigenvalue weighted by Gasteiger charge is 2.37. The van der Waals surface area contributed by atoms with E-state index in [0.29, 0.717) is 12.8 Å². The van der Waals surface area contributed by atoms with E-state index in [4.69, 9.17) is 0 Å². The second kappa shape index (κ2) is 7.58. The number of aliphatic carboxylic acids is 1. The van der Waals surface area contributed by atoms with Gasteiger partial charge in [0.15, 0.2) is 0 Å². The quantitative estimate of drug-likeness (QED) is 0.636. The molecule has 7 nitrogen and oxygen atoms in total. The van der Waals surface area contributed by atoms with Gasteiger partial charge in [-0.2, -0.15) is 0 Å². The standard InChI is InChI=1S/C12H24N2O5S/c1-5-12(6-2,11(16)17)9-10(15)13-7-8-20(18,19)14(3)4/h5-9H2,1-4H3,(H,13,15)(H,16,17). The van der Waals surface area contributed by atoms with Gasteiger partial charge in [-0.25, -0.2) is 12.7 Å². The van der Waals surface area contributed by atoms with Gasteiger partial charge in [-0.05, 0) is 12.8 Å². The Morgan fingerprint density at radius 1 is 1.20 bits per heavy atom. The summed E-state index contributed by atoms with van der Waals surface area (Å²) in [6.07, 6.45) is 0.557. The van der Waals surface area contributed by atoms with Gasteiger partial charge in [0.2, 0.25) is 15.9 Å². The highest BCUT2D eigenvalue weighted by Crippen LogP contribution is 2.30. The van der Waals surface area contributed by atoms with E-state index in [1.165, 1.54) is 14.1 Å². The first-order chi connectivity index (χ1) is 9.11. The van der Waals surface area contributed by atoms with E-state index in [2.05, 4.69) is 5.32 Å². The zero-order valence-corrected chi connectivity index (χ0v) is 13.3. The van der Waals surface area contributed by atoms with Gasteiger partial charge in [0, 0.05) is 27.1 Å². The van der Waals surface area contributed by atoms with Crippen LogP contribution in [0.25, 0.3) is 0 Å². The minimum absolute atomic E-state index is 0.0253. The van der Waals surface area contributed by atoms with Crippen LogP contribution in [0.15, 0.2) is 0 Å². The molecule has 8 heteroatoms. The first-order valence-electron chi connectivity index (χ1n) is 6.51. The number of hydrogen-bond acceptors (Lipinski definition) is 4. The molecule has 0 saturated carbocycles. The summed E-state index contributed by atoms with van der Waals surface area (Å²) in [6, 6.07) is 0. The van der Waals surface area contributed by atoms with E-state index < -0.39 is 27.3 Å². The topological polar surface area (TPSA) is 104 Å². The van der Waals surface area contributed by atoms with Crippen LogP contribution < -0.4 is 5.32 Å². The van der Waals surface area contributed by atoms with Crippen LogP contribution in [0.3, 0.4) is 0 Å². The smallest absolute Gasteiger partial charge is 0.310 e. The second-order valence-corrected chi connectivity index (χ2v) is 7.22. The number of amides is 1. The van der Waals surface area contributed by atoms with E-state index >= 15 is 0 Å². The first kappa shape index (κ1) is 18.9. The van der Waals surface area contributed by atoms with E-state index in [0.717, 1.165) is 4.31 Å². The lowest BCUT2D eigenvalue weighted by atomic mass is 9.79. The predicted molar refractivity (Wildman–Crippen MR) is 75.8 cm³/mol. The van der Waals surface area contributed by atoms with Crippen molar-refractivity contribution in [2.45, 2.75) is 33.1 Å². The van der Waals surface area contributed by atoms with Gasteiger partial charge in [-0.1, -0.05) is 13.8 Å². The van der Waals surface area contributed by atoms with Gasteiger partial charge >= 0.3 is 5.97 Å². The number of hydrogen-bond donors (Lipinski definition) is 2. The third kappa shape index (κ3) is 5.09. The maximum absolute atomic E-state index is 11.8. The van der Waals surface area contributed by atoms with Crippen molar-refractivity contribution in [3.63, 3.8) is 0 Å². The molecule has 0 atom stereocenters. The summed E-state index contributed by atoms with van der Waals surface area (Å²) >= 11 is 0. The first-order valence-corrected chi connectivity index (χ1v) is 8.12. The van der Waals surface area contributed by atoms with Crippen LogP contribution >= 0.6 is 0 Å². The largest absolute Gasteiger partial charge is 0.481 e. The van der Waals surface area contributed by atoms with Gasteiger partial charge in [0.1, 0.15) is 0 Å². The van der Waals surface area contributed by atoms with Crippen LogP contribution in [-0.4, -0.2) is 56.1 Å². The SMILES string of the molecule is CCC(CC)(CC(=O)NCCS(=O)(=O)N(C)C)C(=O)O. The van der Waals surface area contributed by atoms with Crippen LogP contribution in [0.4, 0.5) is 0 Å². The lowest BCUT2D eigenvalue weighted by molar-refractivity contribution is -0.152. The van der Waals surface area contributed by atoms with Crippen molar-refractivity contribution >= 4 is 21.9 Å². The molecule has 118 valence electrons. The van der Waals surface area contributed by atoms with Crippen molar-refractivity contribution in [2.75, 3.05) is 26.4 Å². The number of carbonyl (C=O) groups excluding carboxylic acids is 1. The average Bonchev–Trinajstić information content (AvgIpc) is 2.35. The Balaban J connectivity index is 4.48. The molecular weight excluding hydrogens is 284 g/mol. The summed E-state index contributed by atoms with van der Waals surface area (Å²) in [5, 5.41) is 11.7. The molecule has 0 rings (SSSR count). The maximum atomic E-state index is 11.8. The Morgan fingerprint density at radius 3 is 2.05 bits per heavy atom. The average molecular weight is 308 g/mol. The zero-order chi connectivity index (χ0) is 16.0. The molecule has 0 aromatic heterocycles. The molecular formula is C12H24N2O5S. The Labute approximate surface area is 120 Å². The second-order valence-electron chi connectivity index (χ2n) is 4.92. The van der Waals surface area contributed by atoms with Crippen molar-refractivity contribution in [2.24, 2.45) is 5.41 Å². The minimum atomic E-state index is -3.36. The third-order valence-electron chi connectivity index (χ3n) is 3.54. The van der Waals surface area contributed by atoms with E-state index in [-0.39, 0.29) is 18.7 Å². The van der Waals surface area contributed by atoms with Gasteiger partial charge in [-0.3, -0.25) is 9.59 Å². The molecule has 0 aliphatic heterocycles. The third-order valence-corrected chi connectivity index (χ3v) is 5.38. The van der Waals surface area contributed by atoms with Crippen LogP contribution in [0.1, 0.15) is 33.1 Å². The fourth-order valence-corrected chi connectivity index (χ4v) is 2.48. The summed E-state index contributed by atoms with van der Waals surface area (Å²) in [5.41, 5.74) is -1.08. The fourth-order valence-electron chi connectivity index (χ4n) is 1.75. The van der Waals surface area contributed by atoms with Crippen molar-refractivity contribution < 1.29 is 23.1 Å². The number of rotatable bonds is 9. The van der Waals surface area contributed by atoms with Gasteiger partial charge in [0.25, 0.3) is 0 Å². The summed E-state index contributed by atoms with van der Waals surface area (Å²) in [5.74, 6) is -1.65. The number of sulfonamides is 1. The van der Waals surface area contributed by atoms with E-state index in [9.17, 15) is 23.1 Å². The Hall–Kier alpha value is -1.15. The van der Waals surface area contributed by atoms with Crippen LogP contribution in [0.2, 0.25) is 0 Å². The highest BCUT2D eigenvalue weighted by molar-refractivity contribution is 7.89. The van der Waals surface area contributed by atoms with Crippen molar-refractivity contribution in [1.82, 2.24) is 9.62 Å². The molecule has 0 aliphatic carbocycles. The molecule has 0 heterocycles. The summed E-state index contributed by atoms with van der Waals surface area (Å²) in [7, 11) is -0.528. The molecule has 0 radical (unpaired) electrons. The zero-order valence-electron chi connectivity index (χ0n) is 12.5. The lowest BCUT2D eigenvalue weighted by Gasteiger charge is -2.25.